The third-order valence-electron chi connectivity index (χ3n) is 4.85. The second kappa shape index (κ2) is 8.29. The summed E-state index contributed by atoms with van der Waals surface area (Å²) in [4.78, 5) is 12.4. The number of carbonyl (C=O) groups is 1. The number of ether oxygens (including phenoxy) is 1. The lowest BCUT2D eigenvalue weighted by Crippen LogP contribution is -2.32. The summed E-state index contributed by atoms with van der Waals surface area (Å²) < 4.78 is 7.27. The molecule has 1 aliphatic rings. The topological polar surface area (TPSA) is 69.0 Å². The van der Waals surface area contributed by atoms with Crippen LogP contribution in [0.15, 0.2) is 53.7 Å². The molecule has 0 spiro atoms. The fourth-order valence-electron chi connectivity index (χ4n) is 2.96. The van der Waals surface area contributed by atoms with Crippen LogP contribution in [0.5, 0.6) is 5.75 Å². The standard InChI is InChI=1S/C22H24N4O2S/c1-14-4-10-18(11-5-14)26-20(16-6-12-19(28-3)13-7-16)24-25-22(26)29-15(2)21(27)23-17-8-9-17/h4-7,10-13,15,17H,8-9H2,1-3H3,(H,23,27)/t15-/m0/s1. The van der Waals surface area contributed by atoms with Crippen LogP contribution < -0.4 is 10.1 Å². The maximum absolute atomic E-state index is 12.4. The van der Waals surface area contributed by atoms with Gasteiger partial charge in [-0.25, -0.2) is 0 Å². The first-order valence-corrected chi connectivity index (χ1v) is 10.6. The molecule has 1 saturated carbocycles. The van der Waals surface area contributed by atoms with Crippen LogP contribution in [0.4, 0.5) is 0 Å². The van der Waals surface area contributed by atoms with E-state index in [0.717, 1.165) is 35.7 Å². The minimum atomic E-state index is -0.257. The summed E-state index contributed by atoms with van der Waals surface area (Å²) in [7, 11) is 1.65. The van der Waals surface area contributed by atoms with Crippen molar-refractivity contribution in [2.45, 2.75) is 43.1 Å². The lowest BCUT2D eigenvalue weighted by atomic mass is 10.2. The summed E-state index contributed by atoms with van der Waals surface area (Å²) in [6.45, 7) is 3.96. The molecule has 1 atom stereocenters. The molecule has 2 aromatic carbocycles. The zero-order chi connectivity index (χ0) is 20.4. The fourth-order valence-corrected chi connectivity index (χ4v) is 3.83. The zero-order valence-corrected chi connectivity index (χ0v) is 17.6. The van der Waals surface area contributed by atoms with Gasteiger partial charge >= 0.3 is 0 Å². The zero-order valence-electron chi connectivity index (χ0n) is 16.8. The number of rotatable bonds is 7. The SMILES string of the molecule is COc1ccc(-c2nnc(S[C@@H](C)C(=O)NC3CC3)n2-c2ccc(C)cc2)cc1. The van der Waals surface area contributed by atoms with Crippen LogP contribution in [0.2, 0.25) is 0 Å². The molecule has 1 aromatic heterocycles. The Hall–Kier alpha value is -2.80. The fraction of sp³-hybridized carbons (Fsp3) is 0.318. The van der Waals surface area contributed by atoms with E-state index < -0.39 is 0 Å². The van der Waals surface area contributed by atoms with E-state index in [1.54, 1.807) is 7.11 Å². The van der Waals surface area contributed by atoms with E-state index in [2.05, 4.69) is 34.6 Å². The number of amides is 1. The van der Waals surface area contributed by atoms with Crippen molar-refractivity contribution in [3.63, 3.8) is 0 Å². The monoisotopic (exact) mass is 408 g/mol. The molecule has 3 aromatic rings. The smallest absolute Gasteiger partial charge is 0.233 e. The number of aryl methyl sites for hydroxylation is 1. The number of thioether (sulfide) groups is 1. The van der Waals surface area contributed by atoms with Gasteiger partial charge in [0.25, 0.3) is 0 Å². The van der Waals surface area contributed by atoms with Gasteiger partial charge in [0.1, 0.15) is 5.75 Å². The van der Waals surface area contributed by atoms with E-state index in [9.17, 15) is 4.79 Å². The van der Waals surface area contributed by atoms with Crippen LogP contribution in [-0.4, -0.2) is 39.1 Å². The molecule has 6 nitrogen and oxygen atoms in total. The van der Waals surface area contributed by atoms with Crippen LogP contribution in [0.3, 0.4) is 0 Å². The second-order valence-electron chi connectivity index (χ2n) is 7.25. The number of nitrogens with one attached hydrogen (secondary N) is 1. The summed E-state index contributed by atoms with van der Waals surface area (Å²) in [6.07, 6.45) is 2.15. The van der Waals surface area contributed by atoms with E-state index >= 15 is 0 Å². The minimum absolute atomic E-state index is 0.0435. The number of benzene rings is 2. The summed E-state index contributed by atoms with van der Waals surface area (Å²) in [5.41, 5.74) is 3.07. The number of aromatic nitrogens is 3. The molecule has 150 valence electrons. The Kier molecular flexibility index (Phi) is 5.58. The van der Waals surface area contributed by atoms with Crippen LogP contribution in [0.1, 0.15) is 25.3 Å². The Bertz CT molecular complexity index is 995. The molecular formula is C22H24N4O2S. The van der Waals surface area contributed by atoms with Crippen LogP contribution in [0, 0.1) is 6.92 Å². The Labute approximate surface area is 174 Å². The van der Waals surface area contributed by atoms with Gasteiger partial charge in [-0.1, -0.05) is 29.5 Å². The largest absolute Gasteiger partial charge is 0.497 e. The van der Waals surface area contributed by atoms with E-state index in [0.29, 0.717) is 11.2 Å². The van der Waals surface area contributed by atoms with E-state index in [4.69, 9.17) is 4.74 Å². The molecule has 0 saturated heterocycles. The number of hydrogen-bond acceptors (Lipinski definition) is 5. The number of methoxy groups -OCH3 is 1. The van der Waals surface area contributed by atoms with Gasteiger partial charge in [-0.05, 0) is 63.1 Å². The number of hydrogen-bond donors (Lipinski definition) is 1. The molecule has 29 heavy (non-hydrogen) atoms. The first-order chi connectivity index (χ1) is 14.0. The van der Waals surface area contributed by atoms with Crippen LogP contribution in [0.25, 0.3) is 17.1 Å². The van der Waals surface area contributed by atoms with Crippen molar-refractivity contribution < 1.29 is 9.53 Å². The highest BCUT2D eigenvalue weighted by Gasteiger charge is 2.27. The van der Waals surface area contributed by atoms with Gasteiger partial charge in [-0.3, -0.25) is 9.36 Å². The van der Waals surface area contributed by atoms with Gasteiger partial charge in [0, 0.05) is 17.3 Å². The van der Waals surface area contributed by atoms with Crippen molar-refractivity contribution in [3.8, 4) is 22.8 Å². The average molecular weight is 409 g/mol. The molecule has 0 bridgehead atoms. The normalized spacial score (nSPS) is 14.4. The Balaban J connectivity index is 1.69. The van der Waals surface area contributed by atoms with Crippen molar-refractivity contribution in [2.24, 2.45) is 0 Å². The molecule has 1 aliphatic carbocycles. The number of nitrogens with zero attached hydrogens (tertiary/aromatic N) is 3. The van der Waals surface area contributed by atoms with Gasteiger partial charge in [0.2, 0.25) is 5.91 Å². The maximum Gasteiger partial charge on any atom is 0.233 e. The molecule has 1 heterocycles. The highest BCUT2D eigenvalue weighted by Crippen LogP contribution is 2.31. The van der Waals surface area contributed by atoms with Crippen molar-refractivity contribution in [3.05, 3.63) is 54.1 Å². The summed E-state index contributed by atoms with van der Waals surface area (Å²) in [5.74, 6) is 1.56. The highest BCUT2D eigenvalue weighted by atomic mass is 32.2. The van der Waals surface area contributed by atoms with Gasteiger partial charge in [0.15, 0.2) is 11.0 Å². The average Bonchev–Trinajstić information content (AvgIpc) is 3.46. The second-order valence-corrected chi connectivity index (χ2v) is 8.56. The number of carbonyl (C=O) groups excluding carboxylic acids is 1. The van der Waals surface area contributed by atoms with E-state index in [1.165, 1.54) is 17.3 Å². The first-order valence-electron chi connectivity index (χ1n) is 9.69. The van der Waals surface area contributed by atoms with E-state index in [1.807, 2.05) is 47.9 Å². The molecule has 0 unspecified atom stereocenters. The first kappa shape index (κ1) is 19.5. The predicted octanol–water partition coefficient (Wildman–Crippen LogP) is 4.01. The quantitative estimate of drug-likeness (QED) is 0.598. The van der Waals surface area contributed by atoms with Crippen LogP contribution >= 0.6 is 11.8 Å². The lowest BCUT2D eigenvalue weighted by Gasteiger charge is -2.14. The van der Waals surface area contributed by atoms with E-state index in [-0.39, 0.29) is 11.2 Å². The third kappa shape index (κ3) is 4.45. The molecule has 0 aliphatic heterocycles. The van der Waals surface area contributed by atoms with Crippen molar-refractivity contribution in [1.29, 1.82) is 0 Å². The highest BCUT2D eigenvalue weighted by molar-refractivity contribution is 8.00. The summed E-state index contributed by atoms with van der Waals surface area (Å²) in [5, 5.41) is 12.4. The van der Waals surface area contributed by atoms with Gasteiger partial charge < -0.3 is 10.1 Å². The summed E-state index contributed by atoms with van der Waals surface area (Å²) in [6, 6.07) is 16.3. The molecule has 1 fully saturated rings. The molecule has 7 heteroatoms. The maximum atomic E-state index is 12.4. The lowest BCUT2D eigenvalue weighted by molar-refractivity contribution is -0.120. The van der Waals surface area contributed by atoms with Gasteiger partial charge in [-0.15, -0.1) is 10.2 Å². The molecular weight excluding hydrogens is 384 g/mol. The Morgan fingerprint density at radius 3 is 2.45 bits per heavy atom. The van der Waals surface area contributed by atoms with Crippen LogP contribution in [-0.2, 0) is 4.79 Å². The summed E-state index contributed by atoms with van der Waals surface area (Å²) >= 11 is 1.42. The van der Waals surface area contributed by atoms with Crippen molar-refractivity contribution in [2.75, 3.05) is 7.11 Å². The van der Waals surface area contributed by atoms with Gasteiger partial charge in [0.05, 0.1) is 12.4 Å². The van der Waals surface area contributed by atoms with Gasteiger partial charge in [-0.2, -0.15) is 0 Å². The molecule has 1 amide bonds. The molecule has 4 rings (SSSR count). The predicted molar refractivity (Wildman–Crippen MR) is 115 cm³/mol. The molecule has 1 N–H and O–H groups in total. The Morgan fingerprint density at radius 2 is 1.83 bits per heavy atom. The van der Waals surface area contributed by atoms with Crippen molar-refractivity contribution >= 4 is 17.7 Å². The third-order valence-corrected chi connectivity index (χ3v) is 5.89. The van der Waals surface area contributed by atoms with Crippen molar-refractivity contribution in [1.82, 2.24) is 20.1 Å². The Morgan fingerprint density at radius 1 is 1.14 bits per heavy atom. The molecule has 0 radical (unpaired) electrons. The minimum Gasteiger partial charge on any atom is -0.497 e.